The Balaban J connectivity index is 1.28. The summed E-state index contributed by atoms with van der Waals surface area (Å²) in [5.41, 5.74) is 11.9. The zero-order valence-electron chi connectivity index (χ0n) is 31.1. The van der Waals surface area contributed by atoms with Crippen molar-refractivity contribution < 1.29 is 0 Å². The number of aryl methyl sites for hydroxylation is 2. The van der Waals surface area contributed by atoms with E-state index in [0.717, 1.165) is 23.4 Å². The molecule has 5 heteroatoms. The van der Waals surface area contributed by atoms with Crippen LogP contribution >= 0.6 is 0 Å². The highest BCUT2D eigenvalue weighted by molar-refractivity contribution is 5.83. The van der Waals surface area contributed by atoms with E-state index in [9.17, 15) is 0 Å². The average Bonchev–Trinajstić information content (AvgIpc) is 3.39. The Kier molecular flexibility index (Phi) is 7.05. The van der Waals surface area contributed by atoms with Crippen molar-refractivity contribution in [3.63, 3.8) is 0 Å². The van der Waals surface area contributed by atoms with E-state index in [1.54, 1.807) is 0 Å². The molecule has 254 valence electrons. The van der Waals surface area contributed by atoms with E-state index < -0.39 is 5.54 Å². The molecule has 0 radical (unpaired) electrons. The van der Waals surface area contributed by atoms with E-state index in [2.05, 4.69) is 139 Å². The first-order valence-electron chi connectivity index (χ1n) is 18.1. The molecule has 1 aromatic heterocycles. The van der Waals surface area contributed by atoms with E-state index in [-0.39, 0.29) is 16.4 Å². The molecule has 0 bridgehead atoms. The molecule has 0 spiro atoms. The van der Waals surface area contributed by atoms with Gasteiger partial charge in [-0.3, -0.25) is 4.90 Å². The number of rotatable bonds is 4. The second-order valence-electron chi connectivity index (χ2n) is 16.8. The fraction of sp³-hybridized carbons (Fsp3) is 0.356. The van der Waals surface area contributed by atoms with Gasteiger partial charge in [0.25, 0.3) is 0 Å². The Morgan fingerprint density at radius 2 is 1.26 bits per heavy atom. The molecule has 2 heterocycles. The quantitative estimate of drug-likeness (QED) is 0.192. The minimum atomic E-state index is -0.417. The van der Waals surface area contributed by atoms with Crippen molar-refractivity contribution in [2.45, 2.75) is 103 Å². The Hall–Kier alpha value is -4.77. The Morgan fingerprint density at radius 3 is 2.00 bits per heavy atom. The van der Waals surface area contributed by atoms with Crippen LogP contribution in [-0.2, 0) is 17.3 Å². The fourth-order valence-corrected chi connectivity index (χ4v) is 8.92. The number of benzene rings is 4. The fourth-order valence-electron chi connectivity index (χ4n) is 8.92. The van der Waals surface area contributed by atoms with Crippen LogP contribution in [0.5, 0.6) is 0 Å². The van der Waals surface area contributed by atoms with Crippen LogP contribution in [0.2, 0.25) is 0 Å². The highest BCUT2D eigenvalue weighted by Gasteiger charge is 2.56. The molecule has 1 fully saturated rings. The van der Waals surface area contributed by atoms with Crippen LogP contribution in [-0.4, -0.2) is 26.0 Å². The maximum absolute atomic E-state index is 5.30. The van der Waals surface area contributed by atoms with Crippen molar-refractivity contribution in [3.8, 4) is 33.9 Å². The predicted octanol–water partition coefficient (Wildman–Crippen LogP) is 10.8. The molecule has 0 N–H and O–H groups in total. The molecular weight excluding hydrogens is 611 g/mol. The first-order valence-corrected chi connectivity index (χ1v) is 18.1. The Labute approximate surface area is 298 Å². The third-order valence-electron chi connectivity index (χ3n) is 12.5. The van der Waals surface area contributed by atoms with Gasteiger partial charge in [-0.25, -0.2) is 4.98 Å². The van der Waals surface area contributed by atoms with Gasteiger partial charge >= 0.3 is 0 Å². The molecule has 5 aromatic rings. The molecule has 1 saturated heterocycles. The van der Waals surface area contributed by atoms with Crippen LogP contribution in [0.4, 0.5) is 11.6 Å². The lowest BCUT2D eigenvalue weighted by Gasteiger charge is -2.42. The Bertz CT molecular complexity index is 2190. The van der Waals surface area contributed by atoms with E-state index in [4.69, 9.17) is 21.5 Å². The molecule has 5 nitrogen and oxygen atoms in total. The summed E-state index contributed by atoms with van der Waals surface area (Å²) in [5.74, 6) is 2.80. The van der Waals surface area contributed by atoms with Gasteiger partial charge in [0.05, 0.1) is 11.1 Å². The molecule has 50 heavy (non-hydrogen) atoms. The largest absolute Gasteiger partial charge is 0.320 e. The van der Waals surface area contributed by atoms with Crippen molar-refractivity contribution >= 4 is 11.6 Å². The molecule has 0 atom stereocenters. The zero-order valence-corrected chi connectivity index (χ0v) is 31.1. The lowest BCUT2D eigenvalue weighted by atomic mass is 9.72. The summed E-state index contributed by atoms with van der Waals surface area (Å²) < 4.78 is 0. The number of hydrogen-bond donors (Lipinski definition) is 0. The smallest absolute Gasteiger partial charge is 0.235 e. The van der Waals surface area contributed by atoms with Crippen molar-refractivity contribution in [2.75, 3.05) is 9.80 Å². The molecule has 0 saturated carbocycles. The Morgan fingerprint density at radius 1 is 0.620 bits per heavy atom. The number of aromatic nitrogens is 3. The van der Waals surface area contributed by atoms with E-state index >= 15 is 0 Å². The maximum Gasteiger partial charge on any atom is 0.235 e. The second kappa shape index (κ2) is 10.9. The van der Waals surface area contributed by atoms with Gasteiger partial charge in [0.2, 0.25) is 5.95 Å². The van der Waals surface area contributed by atoms with Crippen molar-refractivity contribution in [1.29, 1.82) is 0 Å². The number of hydrogen-bond acceptors (Lipinski definition) is 5. The summed E-state index contributed by atoms with van der Waals surface area (Å²) >= 11 is 0. The van der Waals surface area contributed by atoms with Gasteiger partial charge in [-0.1, -0.05) is 107 Å². The molecule has 1 aliphatic heterocycles. The van der Waals surface area contributed by atoms with Crippen LogP contribution in [0, 0.1) is 6.92 Å². The summed E-state index contributed by atoms with van der Waals surface area (Å²) in [4.78, 5) is 20.3. The predicted molar refractivity (Wildman–Crippen MR) is 208 cm³/mol. The zero-order chi connectivity index (χ0) is 35.4. The first-order chi connectivity index (χ1) is 23.6. The topological polar surface area (TPSA) is 45.2 Å². The lowest BCUT2D eigenvalue weighted by molar-refractivity contribution is 0.342. The van der Waals surface area contributed by atoms with Gasteiger partial charge in [-0.15, -0.1) is 0 Å². The highest BCUT2D eigenvalue weighted by atomic mass is 15.5. The van der Waals surface area contributed by atoms with Gasteiger partial charge in [-0.2, -0.15) is 9.97 Å². The molecule has 0 amide bonds. The number of nitrogens with zero attached hydrogens (tertiary/aromatic N) is 5. The van der Waals surface area contributed by atoms with Crippen molar-refractivity contribution in [1.82, 2.24) is 15.0 Å². The monoisotopic (exact) mass is 659 g/mol. The average molecular weight is 660 g/mol. The molecule has 8 rings (SSSR count). The molecular formula is C45H49N5. The van der Waals surface area contributed by atoms with E-state index in [0.29, 0.717) is 17.6 Å². The van der Waals surface area contributed by atoms with Crippen LogP contribution in [0.3, 0.4) is 0 Å². The van der Waals surface area contributed by atoms with Gasteiger partial charge < -0.3 is 4.90 Å². The summed E-state index contributed by atoms with van der Waals surface area (Å²) in [7, 11) is 0. The minimum absolute atomic E-state index is 0.127. The number of anilines is 2. The van der Waals surface area contributed by atoms with Crippen LogP contribution in [0.15, 0.2) is 97.3 Å². The standard InChI is InChI=1S/C45H49N5/c1-28-25-36-31(19-16-24-42(36,3)4)27-38(28)49-29(2)50(45(9,10)44(49,7)8)41-47-39(30-17-12-11-13-18-30)46-40(48-41)32-22-23-34-33-20-14-15-21-35(33)43(5,6)37(34)26-32/h11-15,17-18,20-23,25-27H,2,16,19,24H2,1,3-10H3. The number of fused-ring (bicyclic) bond motifs is 4. The summed E-state index contributed by atoms with van der Waals surface area (Å²) in [6.45, 7) is 25.7. The van der Waals surface area contributed by atoms with Crippen LogP contribution in [0.1, 0.15) is 96.0 Å². The molecule has 2 aliphatic carbocycles. The van der Waals surface area contributed by atoms with Gasteiger partial charge in [0, 0.05) is 22.2 Å². The molecule has 4 aromatic carbocycles. The van der Waals surface area contributed by atoms with Crippen LogP contribution < -0.4 is 9.80 Å². The second-order valence-corrected chi connectivity index (χ2v) is 16.8. The summed E-state index contributed by atoms with van der Waals surface area (Å²) in [6, 6.07) is 30.6. The third kappa shape index (κ3) is 4.62. The third-order valence-corrected chi connectivity index (χ3v) is 12.5. The molecule has 0 unspecified atom stereocenters. The normalized spacial score (nSPS) is 19.3. The van der Waals surface area contributed by atoms with Crippen molar-refractivity contribution in [3.05, 3.63) is 125 Å². The highest BCUT2D eigenvalue weighted by Crippen LogP contribution is 2.52. The maximum atomic E-state index is 5.30. The van der Waals surface area contributed by atoms with Crippen molar-refractivity contribution in [2.24, 2.45) is 0 Å². The van der Waals surface area contributed by atoms with Crippen LogP contribution in [0.25, 0.3) is 33.9 Å². The minimum Gasteiger partial charge on any atom is -0.320 e. The van der Waals surface area contributed by atoms with E-state index in [1.807, 2.05) is 18.2 Å². The SMILES string of the molecule is C=C1N(c2nc(-c3ccccc3)nc(-c3ccc4c(c3)C(C)(C)c3ccccc3-4)n2)C(C)(C)C(C)(C)N1c1cc2c(cc1C)C(C)(C)CCC2. The summed E-state index contributed by atoms with van der Waals surface area (Å²) in [6.07, 6.45) is 3.55. The van der Waals surface area contributed by atoms with Gasteiger partial charge in [-0.05, 0) is 110 Å². The first kappa shape index (κ1) is 32.4. The lowest BCUT2D eigenvalue weighted by Crippen LogP contribution is -2.55. The molecule has 3 aliphatic rings. The van der Waals surface area contributed by atoms with E-state index in [1.165, 1.54) is 57.5 Å². The van der Waals surface area contributed by atoms with Gasteiger partial charge in [0.1, 0.15) is 5.82 Å². The summed E-state index contributed by atoms with van der Waals surface area (Å²) in [5, 5.41) is 0. The van der Waals surface area contributed by atoms with Gasteiger partial charge in [0.15, 0.2) is 11.6 Å².